The van der Waals surface area contributed by atoms with Crippen molar-refractivity contribution >= 4 is 11.8 Å². The zero-order valence-electron chi connectivity index (χ0n) is 10.1. The van der Waals surface area contributed by atoms with Crippen LogP contribution in [0.5, 0.6) is 0 Å². The Morgan fingerprint density at radius 1 is 1.41 bits per heavy atom. The summed E-state index contributed by atoms with van der Waals surface area (Å²) >= 11 is 0. The first-order chi connectivity index (χ1) is 8.09. The van der Waals surface area contributed by atoms with Crippen molar-refractivity contribution in [2.24, 2.45) is 0 Å². The highest BCUT2D eigenvalue weighted by Crippen LogP contribution is 2.43. The molecule has 90 valence electrons. The molecule has 4 heteroatoms. The zero-order valence-corrected chi connectivity index (χ0v) is 10.1. The number of nitro groups is 1. The molecule has 17 heavy (non-hydrogen) atoms. The van der Waals surface area contributed by atoms with Crippen LogP contribution in [0.25, 0.3) is 6.08 Å². The molecular formula is C13H16N2O2. The highest BCUT2D eigenvalue weighted by Gasteiger charge is 2.28. The van der Waals surface area contributed by atoms with Crippen molar-refractivity contribution in [1.29, 1.82) is 0 Å². The zero-order chi connectivity index (χ0) is 12.4. The minimum Gasteiger partial charge on any atom is -0.383 e. The summed E-state index contributed by atoms with van der Waals surface area (Å²) in [5, 5.41) is 11.0. The van der Waals surface area contributed by atoms with Gasteiger partial charge in [0.2, 0.25) is 0 Å². The standard InChI is InChI=1S/C13H16N2O2/c1-14(2)9-8-12-11(10-6-7-10)4-3-5-13(12)15(16)17/h3-5,8-10H,6-7H2,1-2H3. The van der Waals surface area contributed by atoms with Gasteiger partial charge >= 0.3 is 0 Å². The Morgan fingerprint density at radius 3 is 2.65 bits per heavy atom. The monoisotopic (exact) mass is 232 g/mol. The Hall–Kier alpha value is -1.84. The van der Waals surface area contributed by atoms with Crippen LogP contribution in [0.4, 0.5) is 5.69 Å². The lowest BCUT2D eigenvalue weighted by molar-refractivity contribution is -0.385. The van der Waals surface area contributed by atoms with Crippen LogP contribution < -0.4 is 0 Å². The highest BCUT2D eigenvalue weighted by molar-refractivity contribution is 5.65. The van der Waals surface area contributed by atoms with Crippen LogP contribution in [0.3, 0.4) is 0 Å². The fraction of sp³-hybridized carbons (Fsp3) is 0.385. The SMILES string of the molecule is CN(C)C=Cc1c(C2CC2)cccc1[N+](=O)[O-]. The van der Waals surface area contributed by atoms with Crippen molar-refractivity contribution < 1.29 is 4.92 Å². The summed E-state index contributed by atoms with van der Waals surface area (Å²) in [5.74, 6) is 0.511. The first kappa shape index (κ1) is 11.6. The quantitative estimate of drug-likeness (QED) is 0.592. The molecule has 1 aromatic carbocycles. The second-order valence-corrected chi connectivity index (χ2v) is 4.59. The summed E-state index contributed by atoms with van der Waals surface area (Å²) in [7, 11) is 3.81. The van der Waals surface area contributed by atoms with Gasteiger partial charge in [0.25, 0.3) is 5.69 Å². The average Bonchev–Trinajstić information content (AvgIpc) is 3.09. The van der Waals surface area contributed by atoms with E-state index in [9.17, 15) is 10.1 Å². The topological polar surface area (TPSA) is 46.4 Å². The molecule has 0 heterocycles. The minimum atomic E-state index is -0.304. The summed E-state index contributed by atoms with van der Waals surface area (Å²) in [6, 6.07) is 5.35. The molecule has 0 N–H and O–H groups in total. The predicted molar refractivity (Wildman–Crippen MR) is 67.8 cm³/mol. The predicted octanol–water partition coefficient (Wildman–Crippen LogP) is 3.00. The highest BCUT2D eigenvalue weighted by atomic mass is 16.6. The van der Waals surface area contributed by atoms with Gasteiger partial charge in [-0.2, -0.15) is 0 Å². The van der Waals surface area contributed by atoms with E-state index in [1.54, 1.807) is 12.1 Å². The Labute approximate surface area is 101 Å². The molecule has 0 bridgehead atoms. The van der Waals surface area contributed by atoms with Crippen molar-refractivity contribution in [2.75, 3.05) is 14.1 Å². The van der Waals surface area contributed by atoms with Gasteiger partial charge in [0.05, 0.1) is 10.5 Å². The van der Waals surface area contributed by atoms with E-state index in [0.717, 1.165) is 24.0 Å². The Bertz CT molecular complexity index is 462. The first-order valence-electron chi connectivity index (χ1n) is 5.71. The lowest BCUT2D eigenvalue weighted by atomic mass is 10.0. The summed E-state index contributed by atoms with van der Waals surface area (Å²) < 4.78 is 0. The fourth-order valence-electron chi connectivity index (χ4n) is 1.89. The lowest BCUT2D eigenvalue weighted by Crippen LogP contribution is -2.01. The van der Waals surface area contributed by atoms with Crippen LogP contribution in [0, 0.1) is 10.1 Å². The summed E-state index contributed by atoms with van der Waals surface area (Å²) in [4.78, 5) is 12.6. The van der Waals surface area contributed by atoms with Crippen molar-refractivity contribution in [1.82, 2.24) is 4.90 Å². The van der Waals surface area contributed by atoms with E-state index < -0.39 is 0 Å². The number of rotatable bonds is 4. The minimum absolute atomic E-state index is 0.201. The molecule has 1 aliphatic carbocycles. The fourth-order valence-corrected chi connectivity index (χ4v) is 1.89. The Balaban J connectivity index is 2.45. The number of benzene rings is 1. The summed E-state index contributed by atoms with van der Waals surface area (Å²) in [6.07, 6.45) is 5.98. The van der Waals surface area contributed by atoms with Crippen LogP contribution >= 0.6 is 0 Å². The molecule has 0 radical (unpaired) electrons. The van der Waals surface area contributed by atoms with Gasteiger partial charge in [-0.05, 0) is 36.6 Å². The van der Waals surface area contributed by atoms with E-state index in [1.807, 2.05) is 37.3 Å². The summed E-state index contributed by atoms with van der Waals surface area (Å²) in [6.45, 7) is 0. The molecular weight excluding hydrogens is 216 g/mol. The molecule has 1 aliphatic rings. The third kappa shape index (κ3) is 2.64. The van der Waals surface area contributed by atoms with Crippen LogP contribution in [0.2, 0.25) is 0 Å². The number of hydrogen-bond acceptors (Lipinski definition) is 3. The van der Waals surface area contributed by atoms with Gasteiger partial charge < -0.3 is 4.90 Å². The number of hydrogen-bond donors (Lipinski definition) is 0. The molecule has 0 saturated heterocycles. The van der Waals surface area contributed by atoms with E-state index in [2.05, 4.69) is 0 Å². The molecule has 0 unspecified atom stereocenters. The molecule has 0 spiro atoms. The first-order valence-corrected chi connectivity index (χ1v) is 5.71. The molecule has 0 atom stereocenters. The van der Waals surface area contributed by atoms with Crippen LogP contribution in [0.1, 0.15) is 29.9 Å². The van der Waals surface area contributed by atoms with Gasteiger partial charge in [-0.15, -0.1) is 0 Å². The average molecular weight is 232 g/mol. The van der Waals surface area contributed by atoms with Crippen molar-refractivity contribution in [3.8, 4) is 0 Å². The molecule has 1 fully saturated rings. The van der Waals surface area contributed by atoms with E-state index in [-0.39, 0.29) is 10.6 Å². The van der Waals surface area contributed by atoms with Crippen LogP contribution in [-0.4, -0.2) is 23.9 Å². The second-order valence-electron chi connectivity index (χ2n) is 4.59. The molecule has 4 nitrogen and oxygen atoms in total. The van der Waals surface area contributed by atoms with E-state index in [1.165, 1.54) is 0 Å². The molecule has 1 saturated carbocycles. The smallest absolute Gasteiger partial charge is 0.276 e. The maximum atomic E-state index is 11.0. The molecule has 0 aromatic heterocycles. The second kappa shape index (κ2) is 4.57. The normalized spacial score (nSPS) is 15.2. The van der Waals surface area contributed by atoms with Gasteiger partial charge in [-0.25, -0.2) is 0 Å². The van der Waals surface area contributed by atoms with Crippen molar-refractivity contribution in [3.63, 3.8) is 0 Å². The third-order valence-corrected chi connectivity index (χ3v) is 2.87. The van der Waals surface area contributed by atoms with Gasteiger partial charge in [0.1, 0.15) is 0 Å². The van der Waals surface area contributed by atoms with E-state index in [0.29, 0.717) is 5.92 Å². The van der Waals surface area contributed by atoms with Gasteiger partial charge in [0.15, 0.2) is 0 Å². The number of nitro benzene ring substituents is 1. The van der Waals surface area contributed by atoms with Gasteiger partial charge in [0, 0.05) is 20.2 Å². The summed E-state index contributed by atoms with van der Waals surface area (Å²) in [5.41, 5.74) is 2.07. The molecule has 0 amide bonds. The van der Waals surface area contributed by atoms with E-state index >= 15 is 0 Å². The Morgan fingerprint density at radius 2 is 2.12 bits per heavy atom. The molecule has 2 rings (SSSR count). The number of nitrogens with zero attached hydrogens (tertiary/aromatic N) is 2. The largest absolute Gasteiger partial charge is 0.383 e. The van der Waals surface area contributed by atoms with Crippen LogP contribution in [0.15, 0.2) is 24.4 Å². The third-order valence-electron chi connectivity index (χ3n) is 2.87. The van der Waals surface area contributed by atoms with E-state index in [4.69, 9.17) is 0 Å². The maximum absolute atomic E-state index is 11.0. The Kier molecular flexibility index (Phi) is 3.13. The van der Waals surface area contributed by atoms with Gasteiger partial charge in [-0.1, -0.05) is 12.1 Å². The van der Waals surface area contributed by atoms with Crippen molar-refractivity contribution in [3.05, 3.63) is 45.6 Å². The molecule has 1 aromatic rings. The van der Waals surface area contributed by atoms with Crippen molar-refractivity contribution in [2.45, 2.75) is 18.8 Å². The van der Waals surface area contributed by atoms with Crippen LogP contribution in [-0.2, 0) is 0 Å². The maximum Gasteiger partial charge on any atom is 0.276 e. The van der Waals surface area contributed by atoms with Gasteiger partial charge in [-0.3, -0.25) is 10.1 Å². The lowest BCUT2D eigenvalue weighted by Gasteiger charge is -2.07. The molecule has 0 aliphatic heterocycles.